The number of aliphatic carboxylic acids is 2. The number of piperidine rings is 2. The van der Waals surface area contributed by atoms with Crippen LogP contribution in [0.15, 0.2) is 0 Å². The van der Waals surface area contributed by atoms with Gasteiger partial charge in [0.25, 0.3) is 0 Å². The van der Waals surface area contributed by atoms with Gasteiger partial charge in [0.05, 0.1) is 12.3 Å². The lowest BCUT2D eigenvalue weighted by Crippen LogP contribution is -2.47. The minimum absolute atomic E-state index is 0.111. The monoisotopic (exact) mass is 477 g/mol. The molecule has 0 aromatic carbocycles. The lowest BCUT2D eigenvalue weighted by molar-refractivity contribution is -0.192. The molecule has 2 atom stereocenters. The van der Waals surface area contributed by atoms with E-state index in [2.05, 4.69) is 16.6 Å². The van der Waals surface area contributed by atoms with Gasteiger partial charge in [-0.05, 0) is 51.1 Å². The summed E-state index contributed by atoms with van der Waals surface area (Å²) in [5.41, 5.74) is 0. The highest BCUT2D eigenvalue weighted by molar-refractivity contribution is 5.82. The van der Waals surface area contributed by atoms with Gasteiger partial charge in [0.15, 0.2) is 0 Å². The van der Waals surface area contributed by atoms with Crippen LogP contribution in [0.3, 0.4) is 0 Å². The molecule has 4 N–H and O–H groups in total. The maximum Gasteiger partial charge on any atom is 0.490 e. The molecule has 0 spiro atoms. The van der Waals surface area contributed by atoms with Crippen LogP contribution in [0, 0.1) is 24.2 Å². The average Bonchev–Trinajstić information content (AvgIpc) is 2.77. The van der Waals surface area contributed by atoms with E-state index in [-0.39, 0.29) is 24.2 Å². The normalized spacial score (nSPS) is 19.9. The summed E-state index contributed by atoms with van der Waals surface area (Å²) < 4.78 is 31.7. The molecule has 12 heteroatoms. The van der Waals surface area contributed by atoms with E-state index in [0.29, 0.717) is 31.8 Å². The summed E-state index contributed by atoms with van der Waals surface area (Å²) in [5.74, 6) is -1.37. The number of hydrogen-bond acceptors (Lipinski definition) is 5. The predicted octanol–water partition coefficient (Wildman–Crippen LogP) is 1.23. The quantitative estimate of drug-likeness (QED) is 0.405. The van der Waals surface area contributed by atoms with Gasteiger partial charge in [-0.3, -0.25) is 14.4 Å². The summed E-state index contributed by atoms with van der Waals surface area (Å²) in [4.78, 5) is 46.3. The molecular formula is C21H30F3N3O6. The number of nitrogens with zero attached hydrogens (tertiary/aromatic N) is 1. The van der Waals surface area contributed by atoms with Crippen molar-refractivity contribution >= 4 is 23.8 Å². The Morgan fingerprint density at radius 2 is 1.76 bits per heavy atom. The van der Waals surface area contributed by atoms with Crippen LogP contribution >= 0.6 is 0 Å². The first-order valence-electron chi connectivity index (χ1n) is 10.7. The van der Waals surface area contributed by atoms with Gasteiger partial charge >= 0.3 is 18.1 Å². The molecule has 0 radical (unpaired) electrons. The molecule has 33 heavy (non-hydrogen) atoms. The minimum Gasteiger partial charge on any atom is -0.481 e. The summed E-state index contributed by atoms with van der Waals surface area (Å²) in [6.45, 7) is 3.12. The number of likely N-dealkylation sites (tertiary alicyclic amines) is 1. The standard InChI is InChI=1S/C19H29N3O4.C2HF3O2/c1-2-16(12-18(24)25)21-19(26)15-4-3-11-22(13-15)17(23)6-5-14-7-9-20-10-8-14;3-2(4,5)1(6)7/h1,14-16,20H,3-13H2,(H,21,26)(H,24,25);(H,6,7)/t15-,16-;/m0./s1. The van der Waals surface area contributed by atoms with Crippen molar-refractivity contribution in [1.29, 1.82) is 0 Å². The smallest absolute Gasteiger partial charge is 0.481 e. The molecule has 2 aliphatic rings. The number of nitrogens with one attached hydrogen (secondary N) is 2. The molecule has 2 aliphatic heterocycles. The van der Waals surface area contributed by atoms with Crippen LogP contribution in [0.1, 0.15) is 44.9 Å². The van der Waals surface area contributed by atoms with Gasteiger partial charge in [0.2, 0.25) is 11.8 Å². The van der Waals surface area contributed by atoms with Crippen molar-refractivity contribution in [1.82, 2.24) is 15.5 Å². The lowest BCUT2D eigenvalue weighted by Gasteiger charge is -2.33. The van der Waals surface area contributed by atoms with Crippen LogP contribution in [0.4, 0.5) is 13.2 Å². The van der Waals surface area contributed by atoms with E-state index >= 15 is 0 Å². The average molecular weight is 477 g/mol. The zero-order chi connectivity index (χ0) is 25.0. The van der Waals surface area contributed by atoms with Gasteiger partial charge in [-0.2, -0.15) is 13.2 Å². The number of carboxylic acid groups (broad SMARTS) is 2. The Kier molecular flexibility index (Phi) is 11.7. The molecule has 2 amide bonds. The van der Waals surface area contributed by atoms with Crippen LogP contribution in [0.25, 0.3) is 0 Å². The topological polar surface area (TPSA) is 136 Å². The molecule has 0 aromatic rings. The highest BCUT2D eigenvalue weighted by Crippen LogP contribution is 2.21. The van der Waals surface area contributed by atoms with E-state index in [9.17, 15) is 27.6 Å². The summed E-state index contributed by atoms with van der Waals surface area (Å²) in [5, 5.41) is 21.9. The molecular weight excluding hydrogens is 447 g/mol. The summed E-state index contributed by atoms with van der Waals surface area (Å²) in [6, 6.07) is -0.814. The van der Waals surface area contributed by atoms with Crippen molar-refractivity contribution in [2.45, 2.75) is 57.2 Å². The number of halogens is 3. The Labute approximate surface area is 190 Å². The molecule has 2 saturated heterocycles. The summed E-state index contributed by atoms with van der Waals surface area (Å²) in [7, 11) is 0. The number of carbonyl (C=O) groups is 4. The number of carboxylic acids is 2. The van der Waals surface area contributed by atoms with E-state index in [0.717, 1.165) is 38.8 Å². The molecule has 2 rings (SSSR count). The molecule has 2 fully saturated rings. The third-order valence-corrected chi connectivity index (χ3v) is 5.51. The van der Waals surface area contributed by atoms with E-state index in [4.69, 9.17) is 21.4 Å². The maximum absolute atomic E-state index is 12.5. The molecule has 186 valence electrons. The van der Waals surface area contributed by atoms with Crippen molar-refractivity contribution in [3.63, 3.8) is 0 Å². The second-order valence-electron chi connectivity index (χ2n) is 8.04. The van der Waals surface area contributed by atoms with Crippen LogP contribution < -0.4 is 10.6 Å². The molecule has 0 saturated carbocycles. The molecule has 0 bridgehead atoms. The molecule has 2 heterocycles. The van der Waals surface area contributed by atoms with Crippen LogP contribution in [-0.4, -0.2) is 77.3 Å². The molecule has 0 aliphatic carbocycles. The Hall–Kier alpha value is -2.81. The fourth-order valence-corrected chi connectivity index (χ4v) is 3.69. The lowest BCUT2D eigenvalue weighted by atomic mass is 9.92. The van der Waals surface area contributed by atoms with Crippen molar-refractivity contribution in [2.75, 3.05) is 26.2 Å². The van der Waals surface area contributed by atoms with E-state index in [1.807, 2.05) is 0 Å². The zero-order valence-electron chi connectivity index (χ0n) is 18.2. The Morgan fingerprint density at radius 3 is 2.27 bits per heavy atom. The third-order valence-electron chi connectivity index (χ3n) is 5.51. The van der Waals surface area contributed by atoms with E-state index < -0.39 is 24.2 Å². The third kappa shape index (κ3) is 11.1. The van der Waals surface area contributed by atoms with Crippen LogP contribution in [-0.2, 0) is 19.2 Å². The van der Waals surface area contributed by atoms with Gasteiger partial charge in [-0.25, -0.2) is 4.79 Å². The summed E-state index contributed by atoms with van der Waals surface area (Å²) >= 11 is 0. The van der Waals surface area contributed by atoms with E-state index in [1.165, 1.54) is 0 Å². The first-order valence-corrected chi connectivity index (χ1v) is 10.7. The fraction of sp³-hybridized carbons (Fsp3) is 0.714. The van der Waals surface area contributed by atoms with Crippen LogP contribution in [0.5, 0.6) is 0 Å². The molecule has 9 nitrogen and oxygen atoms in total. The second kappa shape index (κ2) is 13.7. The highest BCUT2D eigenvalue weighted by atomic mass is 19.4. The van der Waals surface area contributed by atoms with Gasteiger partial charge in [0, 0.05) is 19.5 Å². The number of hydrogen-bond donors (Lipinski definition) is 4. The van der Waals surface area contributed by atoms with Crippen molar-refractivity contribution in [3.05, 3.63) is 0 Å². The Balaban J connectivity index is 0.000000675. The summed E-state index contributed by atoms with van der Waals surface area (Å²) in [6.07, 6.45) is 5.05. The Bertz CT molecular complexity index is 732. The van der Waals surface area contributed by atoms with Crippen molar-refractivity contribution < 1.29 is 42.6 Å². The van der Waals surface area contributed by atoms with E-state index in [1.54, 1.807) is 4.90 Å². The van der Waals surface area contributed by atoms with Crippen LogP contribution in [0.2, 0.25) is 0 Å². The highest BCUT2D eigenvalue weighted by Gasteiger charge is 2.38. The Morgan fingerprint density at radius 1 is 1.15 bits per heavy atom. The predicted molar refractivity (Wildman–Crippen MR) is 111 cm³/mol. The first kappa shape index (κ1) is 28.2. The van der Waals surface area contributed by atoms with Crippen molar-refractivity contribution in [2.24, 2.45) is 11.8 Å². The van der Waals surface area contributed by atoms with Gasteiger partial charge in [-0.15, -0.1) is 6.42 Å². The fourth-order valence-electron chi connectivity index (χ4n) is 3.69. The second-order valence-corrected chi connectivity index (χ2v) is 8.04. The number of carbonyl (C=O) groups excluding carboxylic acids is 2. The van der Waals surface area contributed by atoms with Gasteiger partial charge in [-0.1, -0.05) is 5.92 Å². The van der Waals surface area contributed by atoms with Gasteiger partial charge in [0.1, 0.15) is 6.04 Å². The number of amides is 2. The molecule has 0 unspecified atom stereocenters. The number of terminal acetylenes is 1. The molecule has 0 aromatic heterocycles. The number of alkyl halides is 3. The number of rotatable bonds is 7. The zero-order valence-corrected chi connectivity index (χ0v) is 18.2. The SMILES string of the molecule is C#C[C@@H](CC(=O)O)NC(=O)[C@H]1CCCN(C(=O)CCC2CCNCC2)C1.O=C(O)C(F)(F)F. The first-order chi connectivity index (χ1) is 15.4. The van der Waals surface area contributed by atoms with Crippen molar-refractivity contribution in [3.8, 4) is 12.3 Å². The maximum atomic E-state index is 12.5. The van der Waals surface area contributed by atoms with Gasteiger partial charge < -0.3 is 25.7 Å². The largest absolute Gasteiger partial charge is 0.490 e. The minimum atomic E-state index is -5.08.